The minimum Gasteiger partial charge on any atom is -0.303 e. The van der Waals surface area contributed by atoms with Crippen LogP contribution < -0.4 is 0 Å². The summed E-state index contributed by atoms with van der Waals surface area (Å²) < 4.78 is 26.8. The van der Waals surface area contributed by atoms with E-state index < -0.39 is 10.0 Å². The summed E-state index contributed by atoms with van der Waals surface area (Å²) in [6.45, 7) is 0.776. The lowest BCUT2D eigenvalue weighted by Crippen LogP contribution is -2.40. The number of aldehydes is 1. The first-order valence-corrected chi connectivity index (χ1v) is 8.49. The average molecular weight is 303 g/mol. The second kappa shape index (κ2) is 5.58. The van der Waals surface area contributed by atoms with Gasteiger partial charge in [0.2, 0.25) is 10.0 Å². The van der Waals surface area contributed by atoms with Crippen LogP contribution in [0, 0.1) is 5.92 Å². The van der Waals surface area contributed by atoms with E-state index in [1.54, 1.807) is 12.1 Å². The fourth-order valence-corrected chi connectivity index (χ4v) is 4.35. The normalized spacial score (nSPS) is 20.5. The Morgan fingerprint density at radius 3 is 2.62 bits per heavy atom. The minimum atomic E-state index is -3.52. The summed E-state index contributed by atoms with van der Waals surface area (Å²) in [5, 5.41) is 1.92. The van der Waals surface area contributed by atoms with Crippen molar-refractivity contribution in [1.82, 2.24) is 4.31 Å². The molecule has 2 aromatic carbocycles. The maximum atomic E-state index is 12.7. The van der Waals surface area contributed by atoms with E-state index >= 15 is 0 Å². The molecule has 110 valence electrons. The number of benzene rings is 2. The molecule has 5 heteroatoms. The lowest BCUT2D eigenvalue weighted by molar-refractivity contribution is -0.112. The molecule has 0 saturated carbocycles. The third kappa shape index (κ3) is 2.71. The fraction of sp³-hybridized carbons (Fsp3) is 0.312. The van der Waals surface area contributed by atoms with E-state index in [1.165, 1.54) is 4.31 Å². The molecule has 0 aliphatic carbocycles. The summed E-state index contributed by atoms with van der Waals surface area (Å²) in [6, 6.07) is 12.8. The first-order valence-electron chi connectivity index (χ1n) is 7.05. The van der Waals surface area contributed by atoms with E-state index in [0.717, 1.165) is 29.9 Å². The van der Waals surface area contributed by atoms with Crippen LogP contribution in [0.1, 0.15) is 12.8 Å². The third-order valence-electron chi connectivity index (χ3n) is 3.97. The molecular weight excluding hydrogens is 286 g/mol. The van der Waals surface area contributed by atoms with Crippen molar-refractivity contribution in [2.24, 2.45) is 5.92 Å². The highest BCUT2D eigenvalue weighted by atomic mass is 32.2. The van der Waals surface area contributed by atoms with Gasteiger partial charge >= 0.3 is 0 Å². The van der Waals surface area contributed by atoms with E-state index in [0.29, 0.717) is 18.0 Å². The van der Waals surface area contributed by atoms with Crippen LogP contribution in [0.3, 0.4) is 0 Å². The lowest BCUT2D eigenvalue weighted by Gasteiger charge is -2.29. The van der Waals surface area contributed by atoms with Crippen molar-refractivity contribution in [2.75, 3.05) is 13.1 Å². The van der Waals surface area contributed by atoms with E-state index in [9.17, 15) is 13.2 Å². The van der Waals surface area contributed by atoms with Crippen LogP contribution in [-0.4, -0.2) is 32.1 Å². The summed E-state index contributed by atoms with van der Waals surface area (Å²) in [6.07, 6.45) is 2.37. The zero-order valence-corrected chi connectivity index (χ0v) is 12.4. The van der Waals surface area contributed by atoms with Crippen molar-refractivity contribution in [3.8, 4) is 0 Å². The number of piperidine rings is 1. The van der Waals surface area contributed by atoms with Gasteiger partial charge in [0.15, 0.2) is 0 Å². The number of carbonyl (C=O) groups is 1. The fourth-order valence-electron chi connectivity index (χ4n) is 2.78. The Morgan fingerprint density at radius 1 is 1.10 bits per heavy atom. The van der Waals surface area contributed by atoms with Crippen molar-refractivity contribution in [1.29, 1.82) is 0 Å². The van der Waals surface area contributed by atoms with Crippen LogP contribution in [0.25, 0.3) is 10.8 Å². The number of rotatable bonds is 3. The average Bonchev–Trinajstić information content (AvgIpc) is 2.54. The number of carbonyl (C=O) groups excluding carboxylic acids is 1. The zero-order chi connectivity index (χ0) is 14.9. The molecule has 1 atom stereocenters. The summed E-state index contributed by atoms with van der Waals surface area (Å²) in [5.74, 6) is -0.186. The summed E-state index contributed by atoms with van der Waals surface area (Å²) in [5.41, 5.74) is 0. The second-order valence-corrected chi connectivity index (χ2v) is 7.35. The van der Waals surface area contributed by atoms with Gasteiger partial charge in [0, 0.05) is 19.0 Å². The molecule has 0 amide bonds. The van der Waals surface area contributed by atoms with Crippen molar-refractivity contribution >= 4 is 27.1 Å². The van der Waals surface area contributed by atoms with Gasteiger partial charge in [0.25, 0.3) is 0 Å². The molecule has 0 radical (unpaired) electrons. The van der Waals surface area contributed by atoms with Crippen LogP contribution >= 0.6 is 0 Å². The maximum Gasteiger partial charge on any atom is 0.243 e. The predicted molar refractivity (Wildman–Crippen MR) is 81.5 cm³/mol. The number of nitrogens with zero attached hydrogens (tertiary/aromatic N) is 1. The third-order valence-corrected chi connectivity index (χ3v) is 5.83. The summed E-state index contributed by atoms with van der Waals surface area (Å²) in [4.78, 5) is 11.2. The van der Waals surface area contributed by atoms with Gasteiger partial charge < -0.3 is 4.79 Å². The van der Waals surface area contributed by atoms with Gasteiger partial charge in [-0.1, -0.05) is 30.3 Å². The van der Waals surface area contributed by atoms with Crippen LogP contribution in [0.5, 0.6) is 0 Å². The van der Waals surface area contributed by atoms with Gasteiger partial charge in [-0.05, 0) is 35.7 Å². The van der Waals surface area contributed by atoms with Crippen LogP contribution in [0.4, 0.5) is 0 Å². The van der Waals surface area contributed by atoms with E-state index in [-0.39, 0.29) is 5.92 Å². The molecule has 21 heavy (non-hydrogen) atoms. The highest BCUT2D eigenvalue weighted by molar-refractivity contribution is 7.89. The zero-order valence-electron chi connectivity index (χ0n) is 11.6. The second-order valence-electron chi connectivity index (χ2n) is 5.41. The molecule has 1 unspecified atom stereocenters. The van der Waals surface area contributed by atoms with Gasteiger partial charge in [0.05, 0.1) is 4.90 Å². The molecule has 1 fully saturated rings. The highest BCUT2D eigenvalue weighted by Crippen LogP contribution is 2.25. The van der Waals surface area contributed by atoms with Crippen molar-refractivity contribution < 1.29 is 13.2 Å². The Morgan fingerprint density at radius 2 is 1.86 bits per heavy atom. The molecule has 0 N–H and O–H groups in total. The number of hydrogen-bond acceptors (Lipinski definition) is 3. The molecule has 1 heterocycles. The van der Waals surface area contributed by atoms with Crippen molar-refractivity contribution in [3.63, 3.8) is 0 Å². The molecule has 0 bridgehead atoms. The van der Waals surface area contributed by atoms with Gasteiger partial charge in [0.1, 0.15) is 6.29 Å². The standard InChI is InChI=1S/C16H17NO3S/c18-12-13-4-3-9-17(11-13)21(19,20)16-8-7-14-5-1-2-6-15(14)10-16/h1-2,5-8,10,12-13H,3-4,9,11H2. The van der Waals surface area contributed by atoms with Gasteiger partial charge in [-0.25, -0.2) is 8.42 Å². The first-order chi connectivity index (χ1) is 10.1. The molecule has 1 aliphatic rings. The molecule has 1 aliphatic heterocycles. The summed E-state index contributed by atoms with van der Waals surface area (Å²) in [7, 11) is -3.52. The molecule has 0 spiro atoms. The predicted octanol–water partition coefficient (Wildman–Crippen LogP) is 2.44. The summed E-state index contributed by atoms with van der Waals surface area (Å²) >= 11 is 0. The van der Waals surface area contributed by atoms with E-state index in [1.807, 2.05) is 30.3 Å². The van der Waals surface area contributed by atoms with Crippen LogP contribution in [-0.2, 0) is 14.8 Å². The maximum absolute atomic E-state index is 12.7. The lowest BCUT2D eigenvalue weighted by atomic mass is 10.0. The monoisotopic (exact) mass is 303 g/mol. The Kier molecular flexibility index (Phi) is 3.78. The Bertz CT molecular complexity index is 770. The molecule has 0 aromatic heterocycles. The van der Waals surface area contributed by atoms with Crippen molar-refractivity contribution in [2.45, 2.75) is 17.7 Å². The smallest absolute Gasteiger partial charge is 0.243 e. The quantitative estimate of drug-likeness (QED) is 0.818. The number of hydrogen-bond donors (Lipinski definition) is 0. The van der Waals surface area contributed by atoms with Gasteiger partial charge in [-0.2, -0.15) is 4.31 Å². The molecule has 1 saturated heterocycles. The highest BCUT2D eigenvalue weighted by Gasteiger charge is 2.30. The first kappa shape index (κ1) is 14.2. The Labute approximate surface area is 124 Å². The van der Waals surface area contributed by atoms with E-state index in [4.69, 9.17) is 0 Å². The van der Waals surface area contributed by atoms with Gasteiger partial charge in [-0.3, -0.25) is 0 Å². The van der Waals surface area contributed by atoms with Crippen molar-refractivity contribution in [3.05, 3.63) is 42.5 Å². The minimum absolute atomic E-state index is 0.186. The van der Waals surface area contributed by atoms with Crippen LogP contribution in [0.2, 0.25) is 0 Å². The SMILES string of the molecule is O=CC1CCCN(S(=O)(=O)c2ccc3ccccc3c2)C1. The molecule has 2 aromatic rings. The molecular formula is C16H17NO3S. The topological polar surface area (TPSA) is 54.5 Å². The van der Waals surface area contributed by atoms with Gasteiger partial charge in [-0.15, -0.1) is 0 Å². The Hall–Kier alpha value is -1.72. The van der Waals surface area contributed by atoms with Crippen LogP contribution in [0.15, 0.2) is 47.4 Å². The molecule has 3 rings (SSSR count). The number of sulfonamides is 1. The largest absolute Gasteiger partial charge is 0.303 e. The van der Waals surface area contributed by atoms with E-state index in [2.05, 4.69) is 0 Å². The Balaban J connectivity index is 1.97. The molecule has 4 nitrogen and oxygen atoms in total. The number of fused-ring (bicyclic) bond motifs is 1.